The summed E-state index contributed by atoms with van der Waals surface area (Å²) >= 11 is 0. The summed E-state index contributed by atoms with van der Waals surface area (Å²) in [7, 11) is 0. The lowest BCUT2D eigenvalue weighted by molar-refractivity contribution is -0.135. The number of hydrogen-bond donors (Lipinski definition) is 3. The zero-order valence-electron chi connectivity index (χ0n) is 10.5. The highest BCUT2D eigenvalue weighted by atomic mass is 16.5. The molecule has 6 heteroatoms. The standard InChI is InChI=1S/C13H17N3O3/c17-12(9-4-3-7-14-8-9)15-11-6-2-1-5-10(11)13(18)16-19/h3-4,7-8,10-11,19H,1-2,5-6H2,(H,15,17)(H,16,18). The van der Waals surface area contributed by atoms with Crippen LogP contribution in [0.4, 0.5) is 0 Å². The minimum Gasteiger partial charge on any atom is -0.348 e. The monoisotopic (exact) mass is 263 g/mol. The molecule has 0 aromatic carbocycles. The molecule has 0 bridgehead atoms. The molecule has 1 heterocycles. The number of aromatic nitrogens is 1. The summed E-state index contributed by atoms with van der Waals surface area (Å²) in [5.41, 5.74) is 2.14. The van der Waals surface area contributed by atoms with Gasteiger partial charge in [-0.15, -0.1) is 0 Å². The van der Waals surface area contributed by atoms with Gasteiger partial charge in [0, 0.05) is 18.4 Å². The van der Waals surface area contributed by atoms with Crippen molar-refractivity contribution in [2.45, 2.75) is 31.7 Å². The highest BCUT2D eigenvalue weighted by molar-refractivity contribution is 5.94. The van der Waals surface area contributed by atoms with Gasteiger partial charge in [0.1, 0.15) is 0 Å². The Morgan fingerprint density at radius 3 is 2.79 bits per heavy atom. The average Bonchev–Trinajstić information content (AvgIpc) is 2.48. The molecule has 2 unspecified atom stereocenters. The van der Waals surface area contributed by atoms with Crippen LogP contribution in [0.5, 0.6) is 0 Å². The fraction of sp³-hybridized carbons (Fsp3) is 0.462. The van der Waals surface area contributed by atoms with E-state index in [0.29, 0.717) is 12.0 Å². The Bertz CT molecular complexity index is 450. The van der Waals surface area contributed by atoms with E-state index in [2.05, 4.69) is 10.3 Å². The third-order valence-electron chi connectivity index (χ3n) is 3.45. The van der Waals surface area contributed by atoms with Gasteiger partial charge in [0.05, 0.1) is 11.5 Å². The first kappa shape index (κ1) is 13.5. The third kappa shape index (κ3) is 3.29. The van der Waals surface area contributed by atoms with Crippen LogP contribution < -0.4 is 10.8 Å². The summed E-state index contributed by atoms with van der Waals surface area (Å²) in [6, 6.07) is 3.12. The van der Waals surface area contributed by atoms with Gasteiger partial charge < -0.3 is 5.32 Å². The normalized spacial score (nSPS) is 22.6. The Labute approximate surface area is 111 Å². The first-order valence-electron chi connectivity index (χ1n) is 6.37. The second-order valence-corrected chi connectivity index (χ2v) is 4.69. The number of rotatable bonds is 3. The lowest BCUT2D eigenvalue weighted by atomic mass is 9.84. The van der Waals surface area contributed by atoms with Crippen molar-refractivity contribution in [3.05, 3.63) is 30.1 Å². The number of amides is 2. The lowest BCUT2D eigenvalue weighted by Crippen LogP contribution is -2.47. The molecule has 1 aliphatic carbocycles. The molecule has 1 aliphatic rings. The summed E-state index contributed by atoms with van der Waals surface area (Å²) in [4.78, 5) is 27.5. The summed E-state index contributed by atoms with van der Waals surface area (Å²) in [6.45, 7) is 0. The topological polar surface area (TPSA) is 91.3 Å². The molecule has 0 saturated heterocycles. The van der Waals surface area contributed by atoms with E-state index in [0.717, 1.165) is 19.3 Å². The molecule has 1 saturated carbocycles. The number of hydrogen-bond acceptors (Lipinski definition) is 4. The van der Waals surface area contributed by atoms with E-state index in [1.54, 1.807) is 23.8 Å². The third-order valence-corrected chi connectivity index (χ3v) is 3.45. The van der Waals surface area contributed by atoms with E-state index in [4.69, 9.17) is 5.21 Å². The van der Waals surface area contributed by atoms with Gasteiger partial charge in [0.2, 0.25) is 5.91 Å². The number of nitrogens with one attached hydrogen (secondary N) is 2. The molecule has 1 aromatic rings. The van der Waals surface area contributed by atoms with Crippen LogP contribution in [0.1, 0.15) is 36.0 Å². The maximum absolute atomic E-state index is 12.0. The van der Waals surface area contributed by atoms with Crippen molar-refractivity contribution in [2.24, 2.45) is 5.92 Å². The van der Waals surface area contributed by atoms with E-state index >= 15 is 0 Å². The summed E-state index contributed by atoms with van der Waals surface area (Å²) in [6.07, 6.45) is 6.39. The predicted molar refractivity (Wildman–Crippen MR) is 67.4 cm³/mol. The quantitative estimate of drug-likeness (QED) is 0.557. The van der Waals surface area contributed by atoms with Crippen LogP contribution in [0, 0.1) is 5.92 Å². The number of hydroxylamine groups is 1. The molecule has 0 aliphatic heterocycles. The zero-order valence-corrected chi connectivity index (χ0v) is 10.5. The molecular weight excluding hydrogens is 246 g/mol. The fourth-order valence-electron chi connectivity index (χ4n) is 2.45. The zero-order chi connectivity index (χ0) is 13.7. The maximum Gasteiger partial charge on any atom is 0.253 e. The number of pyridine rings is 1. The molecule has 0 radical (unpaired) electrons. The van der Waals surface area contributed by atoms with E-state index in [9.17, 15) is 9.59 Å². The van der Waals surface area contributed by atoms with Gasteiger partial charge >= 0.3 is 0 Å². The highest BCUT2D eigenvalue weighted by Gasteiger charge is 2.32. The van der Waals surface area contributed by atoms with Gasteiger partial charge in [-0.3, -0.25) is 19.8 Å². The average molecular weight is 263 g/mol. The van der Waals surface area contributed by atoms with E-state index < -0.39 is 5.91 Å². The molecule has 3 N–H and O–H groups in total. The van der Waals surface area contributed by atoms with Crippen LogP contribution >= 0.6 is 0 Å². The van der Waals surface area contributed by atoms with Crippen LogP contribution in [0.2, 0.25) is 0 Å². The Balaban J connectivity index is 2.03. The first-order valence-corrected chi connectivity index (χ1v) is 6.37. The van der Waals surface area contributed by atoms with Crippen molar-refractivity contribution in [3.63, 3.8) is 0 Å². The molecule has 2 atom stereocenters. The first-order chi connectivity index (χ1) is 9.22. The molecule has 1 aromatic heterocycles. The molecular formula is C13H17N3O3. The highest BCUT2D eigenvalue weighted by Crippen LogP contribution is 2.24. The van der Waals surface area contributed by atoms with Crippen LogP contribution in [-0.4, -0.2) is 28.0 Å². The predicted octanol–water partition coefficient (Wildman–Crippen LogP) is 0.876. The number of carbonyl (C=O) groups excluding carboxylic acids is 2. The van der Waals surface area contributed by atoms with Crippen LogP contribution in [0.25, 0.3) is 0 Å². The Hall–Kier alpha value is -1.95. The van der Waals surface area contributed by atoms with Crippen molar-refractivity contribution in [3.8, 4) is 0 Å². The summed E-state index contributed by atoms with van der Waals surface area (Å²) < 4.78 is 0. The molecule has 2 amide bonds. The fourth-order valence-corrected chi connectivity index (χ4v) is 2.45. The number of nitrogens with zero attached hydrogens (tertiary/aromatic N) is 1. The molecule has 1 fully saturated rings. The van der Waals surface area contributed by atoms with Crippen molar-refractivity contribution < 1.29 is 14.8 Å². The Kier molecular flexibility index (Phi) is 4.46. The number of carbonyl (C=O) groups is 2. The van der Waals surface area contributed by atoms with Gasteiger partial charge in [-0.1, -0.05) is 12.8 Å². The van der Waals surface area contributed by atoms with Crippen LogP contribution in [-0.2, 0) is 4.79 Å². The van der Waals surface area contributed by atoms with Crippen molar-refractivity contribution >= 4 is 11.8 Å². The smallest absolute Gasteiger partial charge is 0.253 e. The molecule has 6 nitrogen and oxygen atoms in total. The maximum atomic E-state index is 12.0. The van der Waals surface area contributed by atoms with Gasteiger partial charge in [-0.2, -0.15) is 0 Å². The van der Waals surface area contributed by atoms with Gasteiger partial charge in [-0.25, -0.2) is 5.48 Å². The van der Waals surface area contributed by atoms with E-state index in [1.165, 1.54) is 6.20 Å². The SMILES string of the molecule is O=C(NC1CCCCC1C(=O)NO)c1cccnc1. The van der Waals surface area contributed by atoms with Crippen LogP contribution in [0.15, 0.2) is 24.5 Å². The van der Waals surface area contributed by atoms with Gasteiger partial charge in [-0.05, 0) is 25.0 Å². The Morgan fingerprint density at radius 1 is 1.32 bits per heavy atom. The summed E-state index contributed by atoms with van der Waals surface area (Å²) in [5, 5.41) is 11.6. The second kappa shape index (κ2) is 6.29. The van der Waals surface area contributed by atoms with Crippen molar-refractivity contribution in [1.29, 1.82) is 0 Å². The van der Waals surface area contributed by atoms with Gasteiger partial charge in [0.25, 0.3) is 5.91 Å². The second-order valence-electron chi connectivity index (χ2n) is 4.69. The summed E-state index contributed by atoms with van der Waals surface area (Å²) in [5.74, 6) is -1.05. The molecule has 2 rings (SSSR count). The van der Waals surface area contributed by atoms with Crippen molar-refractivity contribution in [1.82, 2.24) is 15.8 Å². The van der Waals surface area contributed by atoms with Crippen molar-refractivity contribution in [2.75, 3.05) is 0 Å². The molecule has 19 heavy (non-hydrogen) atoms. The van der Waals surface area contributed by atoms with Gasteiger partial charge in [0.15, 0.2) is 0 Å². The molecule has 102 valence electrons. The van der Waals surface area contributed by atoms with E-state index in [-0.39, 0.29) is 17.9 Å². The molecule has 0 spiro atoms. The largest absolute Gasteiger partial charge is 0.348 e. The lowest BCUT2D eigenvalue weighted by Gasteiger charge is -2.30. The van der Waals surface area contributed by atoms with E-state index in [1.807, 2.05) is 0 Å². The minimum absolute atomic E-state index is 0.240. The van der Waals surface area contributed by atoms with Crippen LogP contribution in [0.3, 0.4) is 0 Å². The minimum atomic E-state index is -0.434. The Morgan fingerprint density at radius 2 is 2.11 bits per heavy atom.